The predicted molar refractivity (Wildman–Crippen MR) is 77.3 cm³/mol. The smallest absolute Gasteiger partial charge is 0.447 e. The van der Waals surface area contributed by atoms with E-state index in [9.17, 15) is 4.79 Å². The largest absolute Gasteiger partial charge is 0.452 e. The summed E-state index contributed by atoms with van der Waals surface area (Å²) in [7, 11) is 0. The van der Waals surface area contributed by atoms with E-state index in [1.165, 1.54) is 18.4 Å². The van der Waals surface area contributed by atoms with Gasteiger partial charge in [0.05, 0.1) is 12.3 Å². The third-order valence-electron chi connectivity index (χ3n) is 3.81. The molecule has 0 aromatic rings. The van der Waals surface area contributed by atoms with Gasteiger partial charge < -0.3 is 4.74 Å². The summed E-state index contributed by atoms with van der Waals surface area (Å²) in [5, 5.41) is 7.58. The van der Waals surface area contributed by atoms with Crippen LogP contribution in [-0.2, 0) is 4.74 Å². The van der Waals surface area contributed by atoms with Gasteiger partial charge in [0.25, 0.3) is 0 Å². The maximum absolute atomic E-state index is 11.2. The Balaban J connectivity index is 2.12. The number of allylic oxidation sites excluding steroid dienone is 4. The summed E-state index contributed by atoms with van der Waals surface area (Å²) in [6, 6.07) is 0. The number of hydrogen-bond donors (Lipinski definition) is 0. The minimum absolute atomic E-state index is 0.257. The highest BCUT2D eigenvalue weighted by molar-refractivity contribution is 9.09. The second-order valence-corrected chi connectivity index (χ2v) is 6.45. The van der Waals surface area contributed by atoms with Crippen molar-refractivity contribution in [1.29, 1.82) is 0 Å². The van der Waals surface area contributed by atoms with Crippen LogP contribution in [-0.4, -0.2) is 17.5 Å². The number of halogens is 1. The molecule has 0 radical (unpaired) electrons. The molecule has 2 atom stereocenters. The molecular weight excluding hydrogens is 308 g/mol. The molecule has 0 fully saturated rings. The monoisotopic (exact) mass is 326 g/mol. The zero-order valence-corrected chi connectivity index (χ0v) is 12.9. The zero-order chi connectivity index (χ0) is 13.9. The second kappa shape index (κ2) is 5.99. The molecule has 0 saturated carbocycles. The Kier molecular flexibility index (Phi) is 4.55. The number of azo groups is 1. The lowest BCUT2D eigenvalue weighted by molar-refractivity contribution is 0.161. The molecular formula is C14H19BrN2O2. The van der Waals surface area contributed by atoms with Gasteiger partial charge in [0.2, 0.25) is 0 Å². The average molecular weight is 327 g/mol. The average Bonchev–Trinajstić information content (AvgIpc) is 2.38. The first-order valence-electron chi connectivity index (χ1n) is 6.69. The summed E-state index contributed by atoms with van der Waals surface area (Å²) >= 11 is 3.64. The molecule has 2 aliphatic rings. The Morgan fingerprint density at radius 3 is 3.11 bits per heavy atom. The fraction of sp³-hybridized carbons (Fsp3) is 0.643. The first-order chi connectivity index (χ1) is 9.03. The Labute approximate surface area is 122 Å². The highest BCUT2D eigenvalue weighted by atomic mass is 79.9. The highest BCUT2D eigenvalue weighted by Crippen LogP contribution is 2.47. The lowest BCUT2D eigenvalue weighted by Crippen LogP contribution is -2.27. The molecule has 104 valence electrons. The van der Waals surface area contributed by atoms with Crippen LogP contribution in [0.4, 0.5) is 4.79 Å². The standard InChI is InChI=1S/C14H19BrN2O2/c1-3-19-13(18)17-16-12-5-7-14(2)6-4-11(15)8-10(14)9-12/h8-9,11H,3-7H2,1-2H3. The van der Waals surface area contributed by atoms with Crippen LogP contribution in [0.2, 0.25) is 0 Å². The molecule has 0 aromatic heterocycles. The van der Waals surface area contributed by atoms with Crippen LogP contribution < -0.4 is 0 Å². The summed E-state index contributed by atoms with van der Waals surface area (Å²) in [6.07, 6.45) is 7.99. The van der Waals surface area contributed by atoms with E-state index in [1.54, 1.807) is 6.92 Å². The van der Waals surface area contributed by atoms with Crippen LogP contribution in [0.15, 0.2) is 33.7 Å². The number of alkyl halides is 1. The van der Waals surface area contributed by atoms with Gasteiger partial charge in [-0.25, -0.2) is 4.79 Å². The number of ether oxygens (including phenoxy) is 1. The van der Waals surface area contributed by atoms with Gasteiger partial charge in [-0.15, -0.1) is 5.11 Å². The van der Waals surface area contributed by atoms with Crippen molar-refractivity contribution in [3.05, 3.63) is 23.4 Å². The maximum atomic E-state index is 11.2. The molecule has 0 aromatic carbocycles. The van der Waals surface area contributed by atoms with E-state index < -0.39 is 6.09 Å². The Morgan fingerprint density at radius 2 is 2.37 bits per heavy atom. The number of hydrogen-bond acceptors (Lipinski definition) is 3. The van der Waals surface area contributed by atoms with Crippen LogP contribution in [0.25, 0.3) is 0 Å². The van der Waals surface area contributed by atoms with E-state index in [4.69, 9.17) is 4.74 Å². The van der Waals surface area contributed by atoms with E-state index in [0.29, 0.717) is 11.4 Å². The molecule has 2 aliphatic carbocycles. The van der Waals surface area contributed by atoms with E-state index in [1.807, 2.05) is 0 Å². The van der Waals surface area contributed by atoms with Crippen LogP contribution in [0.3, 0.4) is 0 Å². The van der Waals surface area contributed by atoms with Crippen molar-refractivity contribution in [1.82, 2.24) is 0 Å². The number of nitrogens with zero attached hydrogens (tertiary/aromatic N) is 2. The molecule has 0 N–H and O–H groups in total. The molecule has 0 spiro atoms. The molecule has 0 aliphatic heterocycles. The van der Waals surface area contributed by atoms with Crippen molar-refractivity contribution in [3.63, 3.8) is 0 Å². The van der Waals surface area contributed by atoms with Crippen LogP contribution in [0.1, 0.15) is 39.5 Å². The highest BCUT2D eigenvalue weighted by Gasteiger charge is 2.34. The molecule has 5 heteroatoms. The summed E-state index contributed by atoms with van der Waals surface area (Å²) in [6.45, 7) is 4.38. The van der Waals surface area contributed by atoms with Gasteiger partial charge in [-0.1, -0.05) is 34.0 Å². The summed E-state index contributed by atoms with van der Waals surface area (Å²) < 4.78 is 4.73. The topological polar surface area (TPSA) is 51.0 Å². The maximum Gasteiger partial charge on any atom is 0.452 e. The summed E-state index contributed by atoms with van der Waals surface area (Å²) in [4.78, 5) is 11.6. The van der Waals surface area contributed by atoms with Crippen LogP contribution >= 0.6 is 15.9 Å². The molecule has 0 saturated heterocycles. The van der Waals surface area contributed by atoms with Gasteiger partial charge in [-0.05, 0) is 49.7 Å². The number of carbonyl (C=O) groups is 1. The quantitative estimate of drug-likeness (QED) is 0.542. The number of amides is 1. The van der Waals surface area contributed by atoms with Gasteiger partial charge in [0.15, 0.2) is 0 Å². The van der Waals surface area contributed by atoms with E-state index >= 15 is 0 Å². The molecule has 0 heterocycles. The Bertz CT molecular complexity index is 456. The minimum Gasteiger partial charge on any atom is -0.447 e. The van der Waals surface area contributed by atoms with Gasteiger partial charge in [0, 0.05) is 4.83 Å². The summed E-state index contributed by atoms with van der Waals surface area (Å²) in [5.74, 6) is 0. The Hall–Kier alpha value is -0.970. The first-order valence-corrected chi connectivity index (χ1v) is 7.60. The van der Waals surface area contributed by atoms with Crippen molar-refractivity contribution >= 4 is 22.0 Å². The SMILES string of the molecule is CCOC(=O)N=NC1=CC2=CC(Br)CCC2(C)CC1. The lowest BCUT2D eigenvalue weighted by atomic mass is 9.68. The van der Waals surface area contributed by atoms with E-state index in [2.05, 4.69) is 45.2 Å². The van der Waals surface area contributed by atoms with Crippen molar-refractivity contribution in [3.8, 4) is 0 Å². The summed E-state index contributed by atoms with van der Waals surface area (Å²) in [5.41, 5.74) is 2.43. The van der Waals surface area contributed by atoms with Crippen molar-refractivity contribution in [2.24, 2.45) is 15.6 Å². The van der Waals surface area contributed by atoms with Crippen LogP contribution in [0.5, 0.6) is 0 Å². The predicted octanol–water partition coefficient (Wildman–Crippen LogP) is 4.76. The van der Waals surface area contributed by atoms with Crippen molar-refractivity contribution < 1.29 is 9.53 Å². The van der Waals surface area contributed by atoms with Crippen molar-refractivity contribution in [2.75, 3.05) is 6.61 Å². The number of fused-ring (bicyclic) bond motifs is 1. The molecule has 19 heavy (non-hydrogen) atoms. The van der Waals surface area contributed by atoms with Gasteiger partial charge >= 0.3 is 6.09 Å². The third kappa shape index (κ3) is 3.53. The van der Waals surface area contributed by atoms with Gasteiger partial charge in [-0.3, -0.25) is 0 Å². The van der Waals surface area contributed by atoms with Crippen LogP contribution in [0, 0.1) is 5.41 Å². The van der Waals surface area contributed by atoms with Gasteiger partial charge in [0.1, 0.15) is 0 Å². The van der Waals surface area contributed by atoms with Gasteiger partial charge in [-0.2, -0.15) is 0 Å². The fourth-order valence-electron chi connectivity index (χ4n) is 2.56. The molecule has 2 rings (SSSR count). The molecule has 1 amide bonds. The number of rotatable bonds is 2. The van der Waals surface area contributed by atoms with E-state index in [-0.39, 0.29) is 5.41 Å². The van der Waals surface area contributed by atoms with Crippen molar-refractivity contribution in [2.45, 2.75) is 44.4 Å². The first kappa shape index (κ1) is 14.4. The minimum atomic E-state index is -0.618. The molecule has 0 bridgehead atoms. The normalized spacial score (nSPS) is 30.6. The zero-order valence-electron chi connectivity index (χ0n) is 11.4. The number of carbonyl (C=O) groups excluding carboxylic acids is 1. The molecule has 4 nitrogen and oxygen atoms in total. The second-order valence-electron chi connectivity index (χ2n) is 5.27. The fourth-order valence-corrected chi connectivity index (χ4v) is 3.08. The third-order valence-corrected chi connectivity index (χ3v) is 4.53. The Morgan fingerprint density at radius 1 is 1.58 bits per heavy atom. The molecule has 2 unspecified atom stereocenters. The van der Waals surface area contributed by atoms with E-state index in [0.717, 1.165) is 18.5 Å². The lowest BCUT2D eigenvalue weighted by Gasteiger charge is -2.38.